The van der Waals surface area contributed by atoms with Crippen molar-refractivity contribution in [1.82, 2.24) is 5.32 Å². The fraction of sp³-hybridized carbons (Fsp3) is 0.600. The van der Waals surface area contributed by atoms with Crippen molar-refractivity contribution in [2.24, 2.45) is 11.5 Å². The molecule has 0 heterocycles. The molecule has 0 bridgehead atoms. The molecule has 0 aliphatic heterocycles. The number of hydrogen-bond donors (Lipinski definition) is 4. The topological polar surface area (TPSA) is 114 Å². The summed E-state index contributed by atoms with van der Waals surface area (Å²) in [5.41, 5.74) is 9.90. The van der Waals surface area contributed by atoms with Crippen LogP contribution in [0.15, 0.2) is 0 Å². The molecule has 6 nitrogen and oxygen atoms in total. The standard InChI is InChI=1S/C5H12N4O2/c6-3-4(10)11-2-1-9-5(7)8/h1-3,6H2,(H4,7,8,9). The smallest absolute Gasteiger partial charge is 0.319 e. The van der Waals surface area contributed by atoms with Gasteiger partial charge in [0.1, 0.15) is 6.61 Å². The highest BCUT2D eigenvalue weighted by atomic mass is 16.5. The monoisotopic (exact) mass is 160 g/mol. The van der Waals surface area contributed by atoms with Gasteiger partial charge in [-0.25, -0.2) is 0 Å². The van der Waals surface area contributed by atoms with Crippen LogP contribution in [0.5, 0.6) is 0 Å². The van der Waals surface area contributed by atoms with E-state index in [-0.39, 0.29) is 19.1 Å². The van der Waals surface area contributed by atoms with Crippen molar-refractivity contribution >= 4 is 11.9 Å². The minimum Gasteiger partial charge on any atom is -0.463 e. The van der Waals surface area contributed by atoms with Gasteiger partial charge in [-0.2, -0.15) is 0 Å². The lowest BCUT2D eigenvalue weighted by Crippen LogP contribution is -2.33. The second-order valence-electron chi connectivity index (χ2n) is 1.77. The van der Waals surface area contributed by atoms with E-state index in [1.807, 2.05) is 0 Å². The van der Waals surface area contributed by atoms with Crippen LogP contribution in [-0.4, -0.2) is 31.6 Å². The maximum atomic E-state index is 10.4. The van der Waals surface area contributed by atoms with Crippen molar-refractivity contribution in [1.29, 1.82) is 5.41 Å². The molecule has 0 aliphatic rings. The summed E-state index contributed by atoms with van der Waals surface area (Å²) < 4.78 is 4.56. The van der Waals surface area contributed by atoms with Gasteiger partial charge in [0.05, 0.1) is 13.1 Å². The Morgan fingerprint density at radius 3 is 2.73 bits per heavy atom. The molecule has 0 aromatic rings. The molecule has 6 heteroatoms. The van der Waals surface area contributed by atoms with Crippen molar-refractivity contribution in [3.05, 3.63) is 0 Å². The number of rotatable bonds is 4. The molecule has 0 aliphatic carbocycles. The van der Waals surface area contributed by atoms with Gasteiger partial charge in [-0.3, -0.25) is 10.2 Å². The van der Waals surface area contributed by atoms with E-state index in [0.717, 1.165) is 0 Å². The highest BCUT2D eigenvalue weighted by Crippen LogP contribution is 1.72. The number of ether oxygens (including phenoxy) is 1. The first kappa shape index (κ1) is 9.70. The van der Waals surface area contributed by atoms with Crippen molar-refractivity contribution < 1.29 is 9.53 Å². The van der Waals surface area contributed by atoms with Crippen LogP contribution in [0.3, 0.4) is 0 Å². The van der Waals surface area contributed by atoms with E-state index in [9.17, 15) is 4.79 Å². The van der Waals surface area contributed by atoms with Gasteiger partial charge in [-0.15, -0.1) is 0 Å². The second-order valence-corrected chi connectivity index (χ2v) is 1.77. The van der Waals surface area contributed by atoms with Gasteiger partial charge in [0, 0.05) is 0 Å². The highest BCUT2D eigenvalue weighted by Gasteiger charge is 1.96. The highest BCUT2D eigenvalue weighted by molar-refractivity contribution is 5.74. The Hall–Kier alpha value is -1.30. The molecule has 0 spiro atoms. The van der Waals surface area contributed by atoms with Gasteiger partial charge >= 0.3 is 5.97 Å². The number of guanidine groups is 1. The van der Waals surface area contributed by atoms with E-state index in [0.29, 0.717) is 6.54 Å². The maximum absolute atomic E-state index is 10.4. The third-order valence-corrected chi connectivity index (χ3v) is 0.847. The Bertz CT molecular complexity index is 147. The average Bonchev–Trinajstić information content (AvgIpc) is 1.97. The Labute approximate surface area is 64.4 Å². The zero-order chi connectivity index (χ0) is 8.69. The zero-order valence-corrected chi connectivity index (χ0v) is 6.09. The third kappa shape index (κ3) is 6.59. The quantitative estimate of drug-likeness (QED) is 0.164. The second kappa shape index (κ2) is 5.48. The first-order valence-corrected chi connectivity index (χ1v) is 3.10. The first-order valence-electron chi connectivity index (χ1n) is 3.10. The molecule has 0 amide bonds. The van der Waals surface area contributed by atoms with Crippen molar-refractivity contribution in [3.8, 4) is 0 Å². The molecule has 11 heavy (non-hydrogen) atoms. The number of nitrogens with two attached hydrogens (primary N) is 2. The van der Waals surface area contributed by atoms with Gasteiger partial charge in [0.15, 0.2) is 5.96 Å². The largest absolute Gasteiger partial charge is 0.463 e. The summed E-state index contributed by atoms with van der Waals surface area (Å²) in [4.78, 5) is 10.4. The number of carbonyl (C=O) groups is 1. The molecule has 0 aromatic carbocycles. The summed E-state index contributed by atoms with van der Waals surface area (Å²) >= 11 is 0. The van der Waals surface area contributed by atoms with Crippen molar-refractivity contribution in [3.63, 3.8) is 0 Å². The number of hydrogen-bond acceptors (Lipinski definition) is 4. The Morgan fingerprint density at radius 1 is 1.64 bits per heavy atom. The molecule has 0 aromatic heterocycles. The third-order valence-electron chi connectivity index (χ3n) is 0.847. The summed E-state index contributed by atoms with van der Waals surface area (Å²) in [6.45, 7) is 0.386. The van der Waals surface area contributed by atoms with E-state index in [1.54, 1.807) is 0 Å². The summed E-state index contributed by atoms with van der Waals surface area (Å²) in [7, 11) is 0. The van der Waals surface area contributed by atoms with Crippen LogP contribution >= 0.6 is 0 Å². The number of carbonyl (C=O) groups excluding carboxylic acids is 1. The van der Waals surface area contributed by atoms with Crippen molar-refractivity contribution in [2.45, 2.75) is 0 Å². The summed E-state index contributed by atoms with van der Waals surface area (Å²) in [5.74, 6) is -0.607. The lowest BCUT2D eigenvalue weighted by atomic mass is 10.6. The summed E-state index contributed by atoms with van der Waals surface area (Å²) in [5, 5.41) is 9.19. The number of nitrogens with one attached hydrogen (secondary N) is 2. The molecular formula is C5H12N4O2. The molecule has 0 rings (SSSR count). The molecule has 0 unspecified atom stereocenters. The van der Waals surface area contributed by atoms with Crippen molar-refractivity contribution in [2.75, 3.05) is 19.7 Å². The lowest BCUT2D eigenvalue weighted by Gasteiger charge is -2.03. The van der Waals surface area contributed by atoms with Crippen LogP contribution < -0.4 is 16.8 Å². The van der Waals surface area contributed by atoms with E-state index in [4.69, 9.17) is 16.9 Å². The van der Waals surface area contributed by atoms with Crippen LogP contribution in [0.4, 0.5) is 0 Å². The fourth-order valence-corrected chi connectivity index (χ4v) is 0.409. The van der Waals surface area contributed by atoms with E-state index >= 15 is 0 Å². The van der Waals surface area contributed by atoms with Gasteiger partial charge in [-0.05, 0) is 0 Å². The Morgan fingerprint density at radius 2 is 2.27 bits per heavy atom. The Kier molecular flexibility index (Phi) is 4.83. The Balaban J connectivity index is 3.14. The van der Waals surface area contributed by atoms with Crippen LogP contribution in [-0.2, 0) is 9.53 Å². The van der Waals surface area contributed by atoms with Gasteiger partial charge in [0.25, 0.3) is 0 Å². The molecule has 0 radical (unpaired) electrons. The molecule has 64 valence electrons. The fourth-order valence-electron chi connectivity index (χ4n) is 0.409. The minimum atomic E-state index is -0.463. The van der Waals surface area contributed by atoms with Crippen LogP contribution in [0, 0.1) is 5.41 Å². The molecular weight excluding hydrogens is 148 g/mol. The van der Waals surface area contributed by atoms with Crippen LogP contribution in [0.25, 0.3) is 0 Å². The first-order chi connectivity index (χ1) is 5.16. The molecule has 0 saturated heterocycles. The molecule has 0 atom stereocenters. The summed E-state index contributed by atoms with van der Waals surface area (Å²) in [6.07, 6.45) is 0. The van der Waals surface area contributed by atoms with E-state index < -0.39 is 5.97 Å². The summed E-state index contributed by atoms with van der Waals surface area (Å²) in [6, 6.07) is 0. The average molecular weight is 160 g/mol. The van der Waals surface area contributed by atoms with Crippen LogP contribution in [0.1, 0.15) is 0 Å². The SMILES string of the molecule is N=C(N)NCCOC(=O)CN. The zero-order valence-electron chi connectivity index (χ0n) is 6.09. The predicted octanol–water partition coefficient (Wildman–Crippen LogP) is -2.03. The molecule has 6 N–H and O–H groups in total. The lowest BCUT2D eigenvalue weighted by molar-refractivity contribution is -0.141. The maximum Gasteiger partial charge on any atom is 0.319 e. The van der Waals surface area contributed by atoms with E-state index in [1.165, 1.54) is 0 Å². The minimum absolute atomic E-state index is 0.125. The molecule has 0 fully saturated rings. The molecule has 0 saturated carbocycles. The number of esters is 1. The predicted molar refractivity (Wildman–Crippen MR) is 39.9 cm³/mol. The van der Waals surface area contributed by atoms with Gasteiger partial charge in [-0.1, -0.05) is 0 Å². The normalized spacial score (nSPS) is 8.82. The van der Waals surface area contributed by atoms with E-state index in [2.05, 4.69) is 10.1 Å². The van der Waals surface area contributed by atoms with Crippen LogP contribution in [0.2, 0.25) is 0 Å². The van der Waals surface area contributed by atoms with Gasteiger partial charge < -0.3 is 21.5 Å². The van der Waals surface area contributed by atoms with Gasteiger partial charge in [0.2, 0.25) is 0 Å².